The molecule has 4 nitrogen and oxygen atoms in total. The van der Waals surface area contributed by atoms with Crippen LogP contribution in [0.3, 0.4) is 0 Å². The van der Waals surface area contributed by atoms with Gasteiger partial charge in [0.25, 0.3) is 9.05 Å². The van der Waals surface area contributed by atoms with Crippen LogP contribution in [0.1, 0.15) is 5.56 Å². The number of benzene rings is 1. The minimum atomic E-state index is -3.79. The van der Waals surface area contributed by atoms with Crippen molar-refractivity contribution in [1.29, 1.82) is 0 Å². The predicted octanol–water partition coefficient (Wildman–Crippen LogP) is 1.91. The Kier molecular flexibility index (Phi) is 3.96. The molecule has 0 radical (unpaired) electrons. The Hall–Kier alpha value is -0.780. The normalized spacial score (nSPS) is 11.4. The smallest absolute Gasteiger partial charge is 0.264 e. The fourth-order valence-electron chi connectivity index (χ4n) is 1.05. The molecule has 1 aromatic rings. The second kappa shape index (κ2) is 4.83. The van der Waals surface area contributed by atoms with Crippen molar-refractivity contribution in [1.82, 2.24) is 0 Å². The van der Waals surface area contributed by atoms with Gasteiger partial charge in [0.1, 0.15) is 10.6 Å². The SMILES string of the molecule is COCOc1cc(C)ccc1S(=O)(=O)Cl. The topological polar surface area (TPSA) is 52.6 Å². The van der Waals surface area contributed by atoms with Crippen LogP contribution in [-0.4, -0.2) is 22.3 Å². The van der Waals surface area contributed by atoms with Crippen molar-refractivity contribution in [2.45, 2.75) is 11.8 Å². The van der Waals surface area contributed by atoms with Gasteiger partial charge in [-0.05, 0) is 24.6 Å². The highest BCUT2D eigenvalue weighted by atomic mass is 35.7. The first-order valence-electron chi connectivity index (χ1n) is 4.12. The van der Waals surface area contributed by atoms with Crippen molar-refractivity contribution >= 4 is 19.7 Å². The van der Waals surface area contributed by atoms with E-state index in [9.17, 15) is 8.42 Å². The van der Waals surface area contributed by atoms with Crippen LogP contribution in [0.2, 0.25) is 0 Å². The summed E-state index contributed by atoms with van der Waals surface area (Å²) in [4.78, 5) is -0.0492. The molecule has 6 heteroatoms. The molecule has 0 heterocycles. The van der Waals surface area contributed by atoms with Gasteiger partial charge in [0.2, 0.25) is 0 Å². The lowest BCUT2D eigenvalue weighted by atomic mass is 10.2. The molecule has 1 rings (SSSR count). The van der Waals surface area contributed by atoms with Crippen LogP contribution in [0.4, 0.5) is 0 Å². The molecule has 0 saturated carbocycles. The summed E-state index contributed by atoms with van der Waals surface area (Å²) in [5, 5.41) is 0. The standard InChI is InChI=1S/C9H11ClO4S/c1-7-3-4-9(15(10,11)12)8(5-7)14-6-13-2/h3-5H,6H2,1-2H3. The molecule has 0 N–H and O–H groups in total. The highest BCUT2D eigenvalue weighted by Gasteiger charge is 2.16. The third kappa shape index (κ3) is 3.37. The fourth-order valence-corrected chi connectivity index (χ4v) is 2.02. The second-order valence-corrected chi connectivity index (χ2v) is 5.47. The third-order valence-corrected chi connectivity index (χ3v) is 3.06. The van der Waals surface area contributed by atoms with Gasteiger partial charge in [0, 0.05) is 17.8 Å². The van der Waals surface area contributed by atoms with Gasteiger partial charge in [-0.2, -0.15) is 0 Å². The quantitative estimate of drug-likeness (QED) is 0.605. The first kappa shape index (κ1) is 12.3. The van der Waals surface area contributed by atoms with Crippen molar-refractivity contribution < 1.29 is 17.9 Å². The van der Waals surface area contributed by atoms with Crippen molar-refractivity contribution in [3.63, 3.8) is 0 Å². The van der Waals surface area contributed by atoms with Gasteiger partial charge in [0.15, 0.2) is 6.79 Å². The van der Waals surface area contributed by atoms with Crippen molar-refractivity contribution in [3.8, 4) is 5.75 Å². The molecule has 0 unspecified atom stereocenters. The molecule has 84 valence electrons. The summed E-state index contributed by atoms with van der Waals surface area (Å²) in [6, 6.07) is 4.64. The summed E-state index contributed by atoms with van der Waals surface area (Å²) < 4.78 is 32.1. The Morgan fingerprint density at radius 1 is 1.40 bits per heavy atom. The van der Waals surface area contributed by atoms with E-state index in [0.29, 0.717) is 0 Å². The van der Waals surface area contributed by atoms with E-state index in [1.807, 2.05) is 6.92 Å². The summed E-state index contributed by atoms with van der Waals surface area (Å²) in [5.74, 6) is 0.201. The predicted molar refractivity (Wildman–Crippen MR) is 56.7 cm³/mol. The van der Waals surface area contributed by atoms with Gasteiger partial charge in [-0.1, -0.05) is 6.07 Å². The van der Waals surface area contributed by atoms with Crippen LogP contribution in [0.5, 0.6) is 5.75 Å². The Morgan fingerprint density at radius 3 is 2.60 bits per heavy atom. The van der Waals surface area contributed by atoms with Gasteiger partial charge in [-0.25, -0.2) is 8.42 Å². The van der Waals surface area contributed by atoms with E-state index in [0.717, 1.165) is 5.56 Å². The van der Waals surface area contributed by atoms with E-state index in [4.69, 9.17) is 20.2 Å². The van der Waals surface area contributed by atoms with Gasteiger partial charge in [-0.15, -0.1) is 0 Å². The summed E-state index contributed by atoms with van der Waals surface area (Å²) in [6.07, 6.45) is 0. The van der Waals surface area contributed by atoms with E-state index in [1.54, 1.807) is 12.1 Å². The molecular weight excluding hydrogens is 240 g/mol. The average Bonchev–Trinajstić information content (AvgIpc) is 2.12. The molecule has 0 aliphatic carbocycles. The average molecular weight is 251 g/mol. The number of ether oxygens (including phenoxy) is 2. The van der Waals surface area contributed by atoms with Crippen LogP contribution >= 0.6 is 10.7 Å². The lowest BCUT2D eigenvalue weighted by Crippen LogP contribution is -2.03. The van der Waals surface area contributed by atoms with Gasteiger partial charge < -0.3 is 9.47 Å². The summed E-state index contributed by atoms with van der Waals surface area (Å²) >= 11 is 0. The van der Waals surface area contributed by atoms with E-state index in [2.05, 4.69) is 0 Å². The van der Waals surface area contributed by atoms with Gasteiger partial charge in [0.05, 0.1) is 0 Å². The van der Waals surface area contributed by atoms with E-state index >= 15 is 0 Å². The largest absolute Gasteiger partial charge is 0.466 e. The molecule has 0 saturated heterocycles. The van der Waals surface area contributed by atoms with Crippen molar-refractivity contribution in [2.75, 3.05) is 13.9 Å². The minimum absolute atomic E-state index is 0.0249. The highest BCUT2D eigenvalue weighted by Crippen LogP contribution is 2.27. The van der Waals surface area contributed by atoms with Crippen molar-refractivity contribution in [2.24, 2.45) is 0 Å². The molecule has 15 heavy (non-hydrogen) atoms. The Labute approximate surface area is 93.2 Å². The Bertz CT molecular complexity index is 441. The highest BCUT2D eigenvalue weighted by molar-refractivity contribution is 8.13. The van der Waals surface area contributed by atoms with Crippen LogP contribution in [0.25, 0.3) is 0 Å². The molecule has 0 aliphatic heterocycles. The fraction of sp³-hybridized carbons (Fsp3) is 0.333. The van der Waals surface area contributed by atoms with Gasteiger partial charge in [-0.3, -0.25) is 0 Å². The zero-order valence-corrected chi connectivity index (χ0v) is 9.93. The molecule has 0 spiro atoms. The monoisotopic (exact) mass is 250 g/mol. The zero-order valence-electron chi connectivity index (χ0n) is 8.36. The summed E-state index contributed by atoms with van der Waals surface area (Å²) in [7, 11) is 2.91. The molecule has 0 fully saturated rings. The Balaban J connectivity index is 3.15. The Morgan fingerprint density at radius 2 is 2.07 bits per heavy atom. The lowest BCUT2D eigenvalue weighted by Gasteiger charge is -2.09. The molecule has 0 atom stereocenters. The molecule has 0 aromatic heterocycles. The first-order valence-corrected chi connectivity index (χ1v) is 6.43. The van der Waals surface area contributed by atoms with E-state index in [1.165, 1.54) is 13.2 Å². The van der Waals surface area contributed by atoms with Crippen LogP contribution in [0.15, 0.2) is 23.1 Å². The molecule has 0 amide bonds. The number of methoxy groups -OCH3 is 1. The minimum Gasteiger partial charge on any atom is -0.466 e. The van der Waals surface area contributed by atoms with Crippen LogP contribution in [-0.2, 0) is 13.8 Å². The summed E-state index contributed by atoms with van der Waals surface area (Å²) in [6.45, 7) is 1.80. The molecule has 1 aromatic carbocycles. The maximum absolute atomic E-state index is 11.2. The van der Waals surface area contributed by atoms with E-state index in [-0.39, 0.29) is 17.4 Å². The maximum Gasteiger partial charge on any atom is 0.264 e. The van der Waals surface area contributed by atoms with Gasteiger partial charge >= 0.3 is 0 Å². The third-order valence-electron chi connectivity index (χ3n) is 1.69. The number of halogens is 1. The molecule has 0 bridgehead atoms. The number of hydrogen-bond acceptors (Lipinski definition) is 4. The van der Waals surface area contributed by atoms with Crippen molar-refractivity contribution in [3.05, 3.63) is 23.8 Å². The summed E-state index contributed by atoms with van der Waals surface area (Å²) in [5.41, 5.74) is 0.880. The van der Waals surface area contributed by atoms with E-state index < -0.39 is 9.05 Å². The first-order chi connectivity index (χ1) is 6.95. The maximum atomic E-state index is 11.2. The lowest BCUT2D eigenvalue weighted by molar-refractivity contribution is 0.0490. The van der Waals surface area contributed by atoms with Crippen LogP contribution < -0.4 is 4.74 Å². The number of hydrogen-bond donors (Lipinski definition) is 0. The van der Waals surface area contributed by atoms with Crippen LogP contribution in [0, 0.1) is 6.92 Å². The number of rotatable bonds is 4. The molecular formula is C9H11ClO4S. The second-order valence-electron chi connectivity index (χ2n) is 2.94. The zero-order chi connectivity index (χ0) is 11.5. The number of aryl methyl sites for hydroxylation is 1. The molecule has 0 aliphatic rings.